The van der Waals surface area contributed by atoms with Gasteiger partial charge in [0.05, 0.1) is 11.6 Å². The summed E-state index contributed by atoms with van der Waals surface area (Å²) >= 11 is 12.3. The van der Waals surface area contributed by atoms with Gasteiger partial charge in [-0.15, -0.1) is 0 Å². The third-order valence-corrected chi connectivity index (χ3v) is 4.00. The highest BCUT2D eigenvalue weighted by atomic mass is 35.5. The molecule has 0 bridgehead atoms. The Bertz CT molecular complexity index is 646. The van der Waals surface area contributed by atoms with Crippen LogP contribution in [0, 0.1) is 0 Å². The molecule has 20 heavy (non-hydrogen) atoms. The van der Waals surface area contributed by atoms with E-state index in [2.05, 4.69) is 4.98 Å². The number of pyridine rings is 1. The Hall–Kier alpha value is -1.29. The number of halogens is 2. The van der Waals surface area contributed by atoms with Gasteiger partial charge in [-0.1, -0.05) is 23.2 Å². The van der Waals surface area contributed by atoms with Crippen molar-refractivity contribution >= 4 is 23.2 Å². The summed E-state index contributed by atoms with van der Waals surface area (Å²) in [6.45, 7) is 0.702. The van der Waals surface area contributed by atoms with E-state index in [1.54, 1.807) is 12.4 Å². The van der Waals surface area contributed by atoms with Crippen LogP contribution in [-0.2, 0) is 12.8 Å². The van der Waals surface area contributed by atoms with E-state index in [9.17, 15) is 0 Å². The average Bonchev–Trinajstić information content (AvgIpc) is 2.87. The van der Waals surface area contributed by atoms with Gasteiger partial charge in [0, 0.05) is 29.9 Å². The second-order valence-electron chi connectivity index (χ2n) is 4.86. The first-order chi connectivity index (χ1) is 9.65. The molecule has 5 heteroatoms. The Labute approximate surface area is 127 Å². The molecule has 0 aliphatic carbocycles. The fourth-order valence-electron chi connectivity index (χ4n) is 2.53. The van der Waals surface area contributed by atoms with E-state index < -0.39 is 0 Å². The Morgan fingerprint density at radius 3 is 3.00 bits per heavy atom. The van der Waals surface area contributed by atoms with Crippen molar-refractivity contribution in [2.75, 3.05) is 6.61 Å². The Morgan fingerprint density at radius 1 is 1.35 bits per heavy atom. The van der Waals surface area contributed by atoms with Crippen molar-refractivity contribution in [2.45, 2.75) is 18.9 Å². The van der Waals surface area contributed by atoms with Crippen LogP contribution in [0.2, 0.25) is 10.0 Å². The Balaban J connectivity index is 1.90. The van der Waals surface area contributed by atoms with Crippen LogP contribution in [0.4, 0.5) is 0 Å². The fourth-order valence-corrected chi connectivity index (χ4v) is 3.05. The van der Waals surface area contributed by atoms with Gasteiger partial charge in [-0.25, -0.2) is 0 Å². The van der Waals surface area contributed by atoms with E-state index in [1.165, 1.54) is 0 Å². The Kier molecular flexibility index (Phi) is 3.83. The molecule has 0 radical (unpaired) electrons. The van der Waals surface area contributed by atoms with E-state index in [1.807, 2.05) is 18.2 Å². The van der Waals surface area contributed by atoms with Crippen molar-refractivity contribution in [3.8, 4) is 5.75 Å². The number of rotatable bonds is 3. The SMILES string of the molecule is NC(Cc1cc(Cl)cc2c1OCC2)c1ccncc1Cl. The van der Waals surface area contributed by atoms with Gasteiger partial charge in [-0.05, 0) is 41.3 Å². The number of nitrogens with zero attached hydrogens (tertiary/aromatic N) is 1. The van der Waals surface area contributed by atoms with Crippen molar-refractivity contribution in [2.24, 2.45) is 5.73 Å². The molecule has 1 aromatic heterocycles. The standard InChI is InChI=1S/C15H14Cl2N2O/c16-11-5-9-2-4-20-15(9)10(6-11)7-14(18)12-1-3-19-8-13(12)17/h1,3,5-6,8,14H,2,4,7,18H2. The molecule has 3 nitrogen and oxygen atoms in total. The largest absolute Gasteiger partial charge is 0.493 e. The maximum Gasteiger partial charge on any atom is 0.125 e. The summed E-state index contributed by atoms with van der Waals surface area (Å²) in [6.07, 6.45) is 4.83. The van der Waals surface area contributed by atoms with E-state index in [0.29, 0.717) is 18.1 Å². The smallest absolute Gasteiger partial charge is 0.125 e. The first kappa shape index (κ1) is 13.7. The summed E-state index contributed by atoms with van der Waals surface area (Å²) in [5.74, 6) is 0.926. The first-order valence-electron chi connectivity index (χ1n) is 6.44. The molecule has 0 saturated heterocycles. The van der Waals surface area contributed by atoms with E-state index in [0.717, 1.165) is 33.9 Å². The monoisotopic (exact) mass is 308 g/mol. The third-order valence-electron chi connectivity index (χ3n) is 3.47. The van der Waals surface area contributed by atoms with Crippen LogP contribution in [0.1, 0.15) is 22.7 Å². The summed E-state index contributed by atoms with van der Waals surface area (Å²) in [4.78, 5) is 3.97. The van der Waals surface area contributed by atoms with Crippen LogP contribution >= 0.6 is 23.2 Å². The molecule has 0 amide bonds. The normalized spacial score (nSPS) is 14.8. The second kappa shape index (κ2) is 5.60. The van der Waals surface area contributed by atoms with E-state index in [4.69, 9.17) is 33.7 Å². The minimum Gasteiger partial charge on any atom is -0.493 e. The van der Waals surface area contributed by atoms with Gasteiger partial charge in [0.2, 0.25) is 0 Å². The molecule has 2 aromatic rings. The molecule has 0 spiro atoms. The zero-order valence-electron chi connectivity index (χ0n) is 10.8. The van der Waals surface area contributed by atoms with Crippen LogP contribution < -0.4 is 10.5 Å². The first-order valence-corrected chi connectivity index (χ1v) is 7.20. The predicted octanol–water partition coefficient (Wildman–Crippen LogP) is 3.57. The average molecular weight is 309 g/mol. The highest BCUT2D eigenvalue weighted by Gasteiger charge is 2.20. The number of fused-ring (bicyclic) bond motifs is 1. The molecular weight excluding hydrogens is 295 g/mol. The summed E-state index contributed by atoms with van der Waals surface area (Å²) < 4.78 is 5.69. The lowest BCUT2D eigenvalue weighted by Gasteiger charge is -2.16. The second-order valence-corrected chi connectivity index (χ2v) is 5.70. The molecule has 1 atom stereocenters. The minimum atomic E-state index is -0.211. The van der Waals surface area contributed by atoms with Gasteiger partial charge < -0.3 is 10.5 Å². The zero-order valence-corrected chi connectivity index (χ0v) is 12.3. The number of hydrogen-bond donors (Lipinski definition) is 1. The van der Waals surface area contributed by atoms with E-state index >= 15 is 0 Å². The number of hydrogen-bond acceptors (Lipinski definition) is 3. The van der Waals surface area contributed by atoms with E-state index in [-0.39, 0.29) is 6.04 Å². The van der Waals surface area contributed by atoms with Crippen LogP contribution in [0.25, 0.3) is 0 Å². The fraction of sp³-hybridized carbons (Fsp3) is 0.267. The highest BCUT2D eigenvalue weighted by Crippen LogP contribution is 2.35. The molecule has 104 valence electrons. The topological polar surface area (TPSA) is 48.1 Å². The summed E-state index contributed by atoms with van der Waals surface area (Å²) in [7, 11) is 0. The van der Waals surface area contributed by atoms with Crippen molar-refractivity contribution < 1.29 is 4.74 Å². The molecule has 2 heterocycles. The summed E-state index contributed by atoms with van der Waals surface area (Å²) in [6, 6.07) is 5.51. The zero-order chi connectivity index (χ0) is 14.1. The maximum absolute atomic E-state index is 6.26. The van der Waals surface area contributed by atoms with Gasteiger partial charge in [0.25, 0.3) is 0 Å². The minimum absolute atomic E-state index is 0.211. The molecule has 1 aliphatic rings. The van der Waals surface area contributed by atoms with Gasteiger partial charge in [-0.2, -0.15) is 0 Å². The summed E-state index contributed by atoms with van der Waals surface area (Å²) in [5.41, 5.74) is 9.33. The number of benzene rings is 1. The van der Waals surface area contributed by atoms with Gasteiger partial charge in [0.1, 0.15) is 5.75 Å². The van der Waals surface area contributed by atoms with Crippen LogP contribution in [0.3, 0.4) is 0 Å². The van der Waals surface area contributed by atoms with Gasteiger partial charge in [0.15, 0.2) is 0 Å². The lowest BCUT2D eigenvalue weighted by atomic mass is 9.98. The molecule has 0 fully saturated rings. The van der Waals surface area contributed by atoms with Crippen molar-refractivity contribution in [1.29, 1.82) is 0 Å². The van der Waals surface area contributed by atoms with Gasteiger partial charge in [-0.3, -0.25) is 4.98 Å². The molecule has 1 unspecified atom stereocenters. The number of aromatic nitrogens is 1. The highest BCUT2D eigenvalue weighted by molar-refractivity contribution is 6.31. The van der Waals surface area contributed by atoms with Crippen molar-refractivity contribution in [1.82, 2.24) is 4.98 Å². The molecule has 2 N–H and O–H groups in total. The van der Waals surface area contributed by atoms with Gasteiger partial charge >= 0.3 is 0 Å². The Morgan fingerprint density at radius 2 is 2.20 bits per heavy atom. The molecule has 3 rings (SSSR count). The number of ether oxygens (including phenoxy) is 1. The van der Waals surface area contributed by atoms with Crippen molar-refractivity contribution in [3.05, 3.63) is 57.3 Å². The van der Waals surface area contributed by atoms with Crippen LogP contribution in [0.15, 0.2) is 30.6 Å². The molecule has 1 aliphatic heterocycles. The lowest BCUT2D eigenvalue weighted by Crippen LogP contribution is -2.14. The molecule has 1 aromatic carbocycles. The maximum atomic E-state index is 6.26. The van der Waals surface area contributed by atoms with Crippen LogP contribution in [-0.4, -0.2) is 11.6 Å². The summed E-state index contributed by atoms with van der Waals surface area (Å²) in [5, 5.41) is 1.30. The quantitative estimate of drug-likeness (QED) is 0.943. The predicted molar refractivity (Wildman–Crippen MR) is 80.5 cm³/mol. The molecule has 0 saturated carbocycles. The third kappa shape index (κ3) is 2.62. The van der Waals surface area contributed by atoms with Crippen LogP contribution in [0.5, 0.6) is 5.75 Å². The lowest BCUT2D eigenvalue weighted by molar-refractivity contribution is 0.352. The number of nitrogens with two attached hydrogens (primary N) is 1. The van der Waals surface area contributed by atoms with Crippen molar-refractivity contribution in [3.63, 3.8) is 0 Å². The molecular formula is C15H14Cl2N2O.